The molecule has 162 valence electrons. The molecule has 5 rings (SSSR count). The lowest BCUT2D eigenvalue weighted by atomic mass is 9.40. The van der Waals surface area contributed by atoms with Crippen molar-refractivity contribution in [1.82, 2.24) is 5.32 Å². The number of hydrogen-bond donors (Lipinski definition) is 2. The summed E-state index contributed by atoms with van der Waals surface area (Å²) in [5.74, 6) is -0.406. The maximum atomic E-state index is 12.9. The van der Waals surface area contributed by atoms with Crippen molar-refractivity contribution in [2.45, 2.75) is 41.5 Å². The Morgan fingerprint density at radius 2 is 1.58 bits per heavy atom. The average Bonchev–Trinajstić information content (AvgIpc) is 2.62. The van der Waals surface area contributed by atoms with Gasteiger partial charge in [-0.25, -0.2) is 16.8 Å². The molecule has 31 heavy (non-hydrogen) atoms. The van der Waals surface area contributed by atoms with Crippen LogP contribution >= 0.6 is 0 Å². The van der Waals surface area contributed by atoms with Gasteiger partial charge in [0.05, 0.1) is 32.5 Å². The number of sulfone groups is 1. The molecule has 1 amide bonds. The molecule has 2 bridgehead atoms. The number of anilines is 1. The smallest absolute Gasteiger partial charge is 0.261 e. The van der Waals surface area contributed by atoms with Crippen LogP contribution in [0.2, 0.25) is 0 Å². The summed E-state index contributed by atoms with van der Waals surface area (Å²) >= 11 is 0. The summed E-state index contributed by atoms with van der Waals surface area (Å²) in [7, 11) is -7.51. The van der Waals surface area contributed by atoms with Gasteiger partial charge in [0.2, 0.25) is 0 Å². The SMILES string of the molecule is Cc1ccc(C(=O)NC23CC(C#N)(C2)C3)c(NS(=O)(=O)c2ccc(S(C)(=O)=O)cc2)c1. The number of aryl methyl sites for hydroxylation is 1. The minimum Gasteiger partial charge on any atom is -0.346 e. The van der Waals surface area contributed by atoms with Gasteiger partial charge in [-0.15, -0.1) is 0 Å². The molecule has 3 aliphatic carbocycles. The zero-order valence-electron chi connectivity index (χ0n) is 17.0. The summed E-state index contributed by atoms with van der Waals surface area (Å²) < 4.78 is 51.4. The monoisotopic (exact) mass is 459 g/mol. The highest BCUT2D eigenvalue weighted by atomic mass is 32.2. The Kier molecular flexibility index (Phi) is 4.68. The van der Waals surface area contributed by atoms with E-state index in [4.69, 9.17) is 5.26 Å². The molecule has 3 aliphatic rings. The van der Waals surface area contributed by atoms with Crippen molar-refractivity contribution in [1.29, 1.82) is 5.26 Å². The molecule has 0 aromatic heterocycles. The lowest BCUT2D eigenvalue weighted by Gasteiger charge is -2.66. The first kappa shape index (κ1) is 21.3. The molecule has 10 heteroatoms. The first-order valence-electron chi connectivity index (χ1n) is 9.55. The molecular formula is C21H21N3O5S2. The van der Waals surface area contributed by atoms with Crippen molar-refractivity contribution < 1.29 is 21.6 Å². The van der Waals surface area contributed by atoms with E-state index in [1.165, 1.54) is 24.3 Å². The van der Waals surface area contributed by atoms with Crippen LogP contribution in [0.5, 0.6) is 0 Å². The molecule has 3 fully saturated rings. The Labute approximate surface area is 181 Å². The van der Waals surface area contributed by atoms with Crippen molar-refractivity contribution in [3.8, 4) is 6.07 Å². The van der Waals surface area contributed by atoms with E-state index < -0.39 is 25.8 Å². The molecule has 0 heterocycles. The fourth-order valence-electron chi connectivity index (χ4n) is 4.36. The molecular weight excluding hydrogens is 438 g/mol. The summed E-state index contributed by atoms with van der Waals surface area (Å²) in [5, 5.41) is 12.1. The van der Waals surface area contributed by atoms with Gasteiger partial charge in [-0.05, 0) is 68.1 Å². The number of amides is 1. The number of nitriles is 1. The normalized spacial score (nSPS) is 24.3. The quantitative estimate of drug-likeness (QED) is 0.681. The van der Waals surface area contributed by atoms with Crippen LogP contribution in [0.1, 0.15) is 35.2 Å². The molecule has 2 N–H and O–H groups in total. The Morgan fingerprint density at radius 1 is 1.00 bits per heavy atom. The van der Waals surface area contributed by atoms with Gasteiger partial charge in [-0.2, -0.15) is 5.26 Å². The molecule has 2 aromatic carbocycles. The van der Waals surface area contributed by atoms with E-state index in [0.717, 1.165) is 11.8 Å². The number of carbonyl (C=O) groups is 1. The van der Waals surface area contributed by atoms with Gasteiger partial charge >= 0.3 is 0 Å². The predicted octanol–water partition coefficient (Wildman–Crippen LogP) is 2.38. The zero-order valence-corrected chi connectivity index (χ0v) is 18.6. The van der Waals surface area contributed by atoms with Crippen molar-refractivity contribution in [2.75, 3.05) is 11.0 Å². The van der Waals surface area contributed by atoms with Gasteiger partial charge in [-0.1, -0.05) is 6.07 Å². The van der Waals surface area contributed by atoms with Gasteiger partial charge in [0.25, 0.3) is 15.9 Å². The molecule has 0 aliphatic heterocycles. The Morgan fingerprint density at radius 3 is 2.13 bits per heavy atom. The van der Waals surface area contributed by atoms with Gasteiger partial charge < -0.3 is 5.32 Å². The summed E-state index contributed by atoms with van der Waals surface area (Å²) in [6.07, 6.45) is 2.88. The summed E-state index contributed by atoms with van der Waals surface area (Å²) in [4.78, 5) is 12.8. The molecule has 0 saturated heterocycles. The molecule has 0 radical (unpaired) electrons. The summed E-state index contributed by atoms with van der Waals surface area (Å²) in [5.41, 5.74) is 0.373. The van der Waals surface area contributed by atoms with E-state index in [0.29, 0.717) is 19.3 Å². The molecule has 0 spiro atoms. The number of nitrogens with one attached hydrogen (secondary N) is 2. The van der Waals surface area contributed by atoms with Gasteiger partial charge in [0.1, 0.15) is 0 Å². The van der Waals surface area contributed by atoms with Crippen LogP contribution in [-0.4, -0.2) is 34.5 Å². The van der Waals surface area contributed by atoms with Crippen LogP contribution in [0, 0.1) is 23.7 Å². The third kappa shape index (κ3) is 3.79. The second-order valence-electron chi connectivity index (χ2n) is 8.56. The van der Waals surface area contributed by atoms with Crippen LogP contribution in [0.3, 0.4) is 0 Å². The fourth-order valence-corrected chi connectivity index (χ4v) is 6.06. The topological polar surface area (TPSA) is 133 Å². The second-order valence-corrected chi connectivity index (χ2v) is 12.3. The van der Waals surface area contributed by atoms with E-state index >= 15 is 0 Å². The number of sulfonamides is 1. The molecule has 0 atom stereocenters. The first-order valence-corrected chi connectivity index (χ1v) is 12.9. The average molecular weight is 460 g/mol. The van der Waals surface area contributed by atoms with Gasteiger partial charge in [0, 0.05) is 11.8 Å². The summed E-state index contributed by atoms with van der Waals surface area (Å²) in [6, 6.07) is 12.0. The van der Waals surface area contributed by atoms with Crippen molar-refractivity contribution >= 4 is 31.5 Å². The Bertz CT molecular complexity index is 1320. The third-order valence-corrected chi connectivity index (χ3v) is 8.38. The maximum Gasteiger partial charge on any atom is 0.261 e. The molecule has 2 aromatic rings. The van der Waals surface area contributed by atoms with Gasteiger partial charge in [0.15, 0.2) is 9.84 Å². The highest BCUT2D eigenvalue weighted by Crippen LogP contribution is 2.66. The Balaban J connectivity index is 1.58. The minimum atomic E-state index is -4.06. The van der Waals surface area contributed by atoms with Crippen molar-refractivity contribution in [2.24, 2.45) is 5.41 Å². The van der Waals surface area contributed by atoms with Gasteiger partial charge in [-0.3, -0.25) is 9.52 Å². The number of nitrogens with zero attached hydrogens (tertiary/aromatic N) is 1. The summed E-state index contributed by atoms with van der Waals surface area (Å²) in [6.45, 7) is 1.78. The second kappa shape index (κ2) is 6.80. The molecule has 8 nitrogen and oxygen atoms in total. The van der Waals surface area contributed by atoms with E-state index in [1.54, 1.807) is 25.1 Å². The fraction of sp³-hybridized carbons (Fsp3) is 0.333. The highest BCUT2D eigenvalue weighted by Gasteiger charge is 2.69. The van der Waals surface area contributed by atoms with Crippen molar-refractivity contribution in [3.63, 3.8) is 0 Å². The standard InChI is InChI=1S/C21H21N3O5S2/c1-14-3-8-17(19(25)23-21-10-20(11-21,12-21)13-22)18(9-14)24-31(28,29)16-6-4-15(5-7-16)30(2,26)27/h3-9,24H,10-12H2,1-2H3,(H,23,25). The van der Waals surface area contributed by atoms with E-state index in [2.05, 4.69) is 16.1 Å². The third-order valence-electron chi connectivity index (χ3n) is 5.87. The lowest BCUT2D eigenvalue weighted by molar-refractivity contribution is -0.102. The minimum absolute atomic E-state index is 0.00997. The molecule has 3 saturated carbocycles. The largest absolute Gasteiger partial charge is 0.346 e. The lowest BCUT2D eigenvalue weighted by Crippen LogP contribution is -2.74. The van der Waals surface area contributed by atoms with Crippen molar-refractivity contribution in [3.05, 3.63) is 53.6 Å². The van der Waals surface area contributed by atoms with E-state index in [9.17, 15) is 21.6 Å². The maximum absolute atomic E-state index is 12.9. The van der Waals surface area contributed by atoms with Crippen LogP contribution in [0.15, 0.2) is 52.3 Å². The number of hydrogen-bond acceptors (Lipinski definition) is 6. The van der Waals surface area contributed by atoms with Crippen LogP contribution in [-0.2, 0) is 19.9 Å². The van der Waals surface area contributed by atoms with Crippen LogP contribution in [0.4, 0.5) is 5.69 Å². The predicted molar refractivity (Wildman–Crippen MR) is 114 cm³/mol. The van der Waals surface area contributed by atoms with E-state index in [1.807, 2.05) is 0 Å². The zero-order chi connectivity index (χ0) is 22.7. The van der Waals surface area contributed by atoms with E-state index in [-0.39, 0.29) is 32.0 Å². The number of rotatable bonds is 6. The first-order chi connectivity index (χ1) is 14.4. The number of carbonyl (C=O) groups excluding carboxylic acids is 1. The molecule has 0 unspecified atom stereocenters. The Hall–Kier alpha value is -2.90. The van der Waals surface area contributed by atoms with Crippen LogP contribution < -0.4 is 10.0 Å². The highest BCUT2D eigenvalue weighted by molar-refractivity contribution is 7.92. The number of benzene rings is 2. The van der Waals surface area contributed by atoms with Crippen LogP contribution in [0.25, 0.3) is 0 Å².